The predicted molar refractivity (Wildman–Crippen MR) is 103 cm³/mol. The number of rotatable bonds is 7. The third-order valence-corrected chi connectivity index (χ3v) is 5.43. The number of carbonyl (C=O) groups excluding carboxylic acids is 1. The Labute approximate surface area is 150 Å². The zero-order valence-electron chi connectivity index (χ0n) is 15.6. The van der Waals surface area contributed by atoms with E-state index >= 15 is 0 Å². The molecule has 6 nitrogen and oxygen atoms in total. The Hall–Kier alpha value is -1.79. The molecule has 1 spiro atoms. The van der Waals surface area contributed by atoms with Crippen LogP contribution in [0.1, 0.15) is 29.6 Å². The van der Waals surface area contributed by atoms with Crippen LogP contribution in [0.15, 0.2) is 18.2 Å². The molecular weight excluding hydrogens is 314 g/mol. The molecule has 0 radical (unpaired) electrons. The fourth-order valence-electron chi connectivity index (χ4n) is 3.99. The van der Waals surface area contributed by atoms with E-state index < -0.39 is 0 Å². The van der Waals surface area contributed by atoms with Gasteiger partial charge in [0.2, 0.25) is 0 Å². The average Bonchev–Trinajstić information content (AvgIpc) is 3.03. The minimum atomic E-state index is -0.0569. The standard InChI is InChI=1S/C19H31N5O/c1-20-18(25)16-5-4-14(10-17(16)22-8-9-24(2)3)23-15-11-19(12-15)6-7-21-13-19/h4-5,10,15,21-23H,6-9,11-13H2,1-3H3,(H,20,25). The molecule has 2 aliphatic rings. The Bertz CT molecular complexity index is 602. The predicted octanol–water partition coefficient (Wildman–Crippen LogP) is 1.57. The van der Waals surface area contributed by atoms with Crippen LogP contribution in [0.25, 0.3) is 0 Å². The summed E-state index contributed by atoms with van der Waals surface area (Å²) >= 11 is 0. The normalized spacial score (nSPS) is 25.0. The van der Waals surface area contributed by atoms with Crippen molar-refractivity contribution in [2.24, 2.45) is 5.41 Å². The first-order valence-electron chi connectivity index (χ1n) is 9.23. The SMILES string of the molecule is CNC(=O)c1ccc(NC2CC3(CCNC3)C2)cc1NCCN(C)C. The average molecular weight is 345 g/mol. The summed E-state index contributed by atoms with van der Waals surface area (Å²) in [6.45, 7) is 4.05. The van der Waals surface area contributed by atoms with Gasteiger partial charge < -0.3 is 26.2 Å². The Balaban J connectivity index is 1.64. The van der Waals surface area contributed by atoms with Crippen LogP contribution in [0.4, 0.5) is 11.4 Å². The first kappa shape index (κ1) is 18.0. The molecule has 1 aliphatic heterocycles. The van der Waals surface area contributed by atoms with Crippen molar-refractivity contribution in [3.8, 4) is 0 Å². The maximum absolute atomic E-state index is 12.1. The summed E-state index contributed by atoms with van der Waals surface area (Å²) in [5.74, 6) is -0.0569. The van der Waals surface area contributed by atoms with Crippen LogP contribution >= 0.6 is 0 Å². The summed E-state index contributed by atoms with van der Waals surface area (Å²) in [6.07, 6.45) is 3.78. The number of likely N-dealkylation sites (N-methyl/N-ethyl adjacent to an activating group) is 1. The van der Waals surface area contributed by atoms with Gasteiger partial charge in [0, 0.05) is 44.1 Å². The van der Waals surface area contributed by atoms with E-state index in [0.29, 0.717) is 17.0 Å². The van der Waals surface area contributed by atoms with Crippen molar-refractivity contribution >= 4 is 17.3 Å². The number of nitrogens with one attached hydrogen (secondary N) is 4. The van der Waals surface area contributed by atoms with Crippen molar-refractivity contribution in [2.45, 2.75) is 25.3 Å². The van der Waals surface area contributed by atoms with Gasteiger partial charge in [-0.2, -0.15) is 0 Å². The second kappa shape index (κ2) is 7.62. The lowest BCUT2D eigenvalue weighted by Gasteiger charge is -2.45. The molecule has 1 saturated carbocycles. The third-order valence-electron chi connectivity index (χ3n) is 5.43. The van der Waals surface area contributed by atoms with Gasteiger partial charge in [-0.1, -0.05) is 0 Å². The molecule has 0 bridgehead atoms. The number of hydrogen-bond acceptors (Lipinski definition) is 5. The van der Waals surface area contributed by atoms with Crippen molar-refractivity contribution in [3.05, 3.63) is 23.8 Å². The van der Waals surface area contributed by atoms with E-state index in [1.807, 2.05) is 26.2 Å². The van der Waals surface area contributed by atoms with Crippen molar-refractivity contribution in [1.82, 2.24) is 15.5 Å². The van der Waals surface area contributed by atoms with Crippen molar-refractivity contribution in [1.29, 1.82) is 0 Å². The molecule has 6 heteroatoms. The Morgan fingerprint density at radius 1 is 1.36 bits per heavy atom. The largest absolute Gasteiger partial charge is 0.383 e. The van der Waals surface area contributed by atoms with E-state index in [1.165, 1.54) is 19.3 Å². The molecule has 4 N–H and O–H groups in total. The smallest absolute Gasteiger partial charge is 0.253 e. The summed E-state index contributed by atoms with van der Waals surface area (Å²) in [6, 6.07) is 6.53. The maximum atomic E-state index is 12.1. The highest BCUT2D eigenvalue weighted by Crippen LogP contribution is 2.46. The zero-order valence-corrected chi connectivity index (χ0v) is 15.6. The lowest BCUT2D eigenvalue weighted by Crippen LogP contribution is -2.46. The number of benzene rings is 1. The number of hydrogen-bond donors (Lipinski definition) is 4. The summed E-state index contributed by atoms with van der Waals surface area (Å²) in [5, 5.41) is 13.2. The van der Waals surface area contributed by atoms with Crippen molar-refractivity contribution in [3.63, 3.8) is 0 Å². The number of amides is 1. The number of nitrogens with zero attached hydrogens (tertiary/aromatic N) is 1. The topological polar surface area (TPSA) is 68.4 Å². The second-order valence-electron chi connectivity index (χ2n) is 7.75. The maximum Gasteiger partial charge on any atom is 0.253 e. The summed E-state index contributed by atoms with van der Waals surface area (Å²) in [4.78, 5) is 14.2. The molecule has 2 fully saturated rings. The fourth-order valence-corrected chi connectivity index (χ4v) is 3.99. The minimum absolute atomic E-state index is 0.0569. The van der Waals surface area contributed by atoms with Crippen LogP contribution in [0, 0.1) is 5.41 Å². The molecule has 138 valence electrons. The molecule has 1 aliphatic carbocycles. The second-order valence-corrected chi connectivity index (χ2v) is 7.75. The summed E-state index contributed by atoms with van der Waals surface area (Å²) in [5.41, 5.74) is 3.21. The van der Waals surface area contributed by atoms with Crippen LogP contribution in [0.5, 0.6) is 0 Å². The first-order chi connectivity index (χ1) is 12.0. The molecule has 25 heavy (non-hydrogen) atoms. The van der Waals surface area contributed by atoms with Crippen LogP contribution in [-0.4, -0.2) is 64.2 Å². The van der Waals surface area contributed by atoms with E-state index in [9.17, 15) is 4.79 Å². The number of carbonyl (C=O) groups is 1. The van der Waals surface area contributed by atoms with Crippen LogP contribution in [0.2, 0.25) is 0 Å². The molecule has 1 heterocycles. The van der Waals surface area contributed by atoms with E-state index in [0.717, 1.165) is 37.6 Å². The highest BCUT2D eigenvalue weighted by atomic mass is 16.1. The van der Waals surface area contributed by atoms with Crippen molar-refractivity contribution < 1.29 is 4.79 Å². The van der Waals surface area contributed by atoms with Gasteiger partial charge in [-0.05, 0) is 63.5 Å². The van der Waals surface area contributed by atoms with E-state index in [2.05, 4.69) is 32.2 Å². The molecule has 1 amide bonds. The quantitative estimate of drug-likeness (QED) is 0.604. The van der Waals surface area contributed by atoms with Gasteiger partial charge in [-0.3, -0.25) is 4.79 Å². The van der Waals surface area contributed by atoms with Gasteiger partial charge >= 0.3 is 0 Å². The monoisotopic (exact) mass is 345 g/mol. The molecule has 0 atom stereocenters. The molecule has 0 aromatic heterocycles. The number of anilines is 2. The van der Waals surface area contributed by atoms with Crippen LogP contribution in [0.3, 0.4) is 0 Å². The lowest BCUT2D eigenvalue weighted by atomic mass is 9.65. The van der Waals surface area contributed by atoms with Gasteiger partial charge in [0.05, 0.1) is 5.56 Å². The summed E-state index contributed by atoms with van der Waals surface area (Å²) < 4.78 is 0. The highest BCUT2D eigenvalue weighted by Gasteiger charge is 2.45. The third kappa shape index (κ3) is 4.25. The van der Waals surface area contributed by atoms with Gasteiger partial charge in [-0.15, -0.1) is 0 Å². The van der Waals surface area contributed by atoms with E-state index in [-0.39, 0.29) is 5.91 Å². The van der Waals surface area contributed by atoms with Gasteiger partial charge in [0.15, 0.2) is 0 Å². The summed E-state index contributed by atoms with van der Waals surface area (Å²) in [7, 11) is 5.76. The van der Waals surface area contributed by atoms with Crippen LogP contribution < -0.4 is 21.3 Å². The molecule has 1 aromatic rings. The fraction of sp³-hybridized carbons (Fsp3) is 0.632. The zero-order chi connectivity index (χ0) is 17.9. The first-order valence-corrected chi connectivity index (χ1v) is 9.23. The Kier molecular flexibility index (Phi) is 5.49. The molecular formula is C19H31N5O. The van der Waals surface area contributed by atoms with E-state index in [1.54, 1.807) is 7.05 Å². The Morgan fingerprint density at radius 2 is 2.16 bits per heavy atom. The molecule has 1 aromatic carbocycles. The van der Waals surface area contributed by atoms with Gasteiger partial charge in [0.25, 0.3) is 5.91 Å². The minimum Gasteiger partial charge on any atom is -0.383 e. The lowest BCUT2D eigenvalue weighted by molar-refractivity contribution is 0.0964. The van der Waals surface area contributed by atoms with E-state index in [4.69, 9.17) is 0 Å². The van der Waals surface area contributed by atoms with Crippen LogP contribution in [-0.2, 0) is 0 Å². The Morgan fingerprint density at radius 3 is 2.80 bits per heavy atom. The van der Waals surface area contributed by atoms with Gasteiger partial charge in [-0.25, -0.2) is 0 Å². The highest BCUT2D eigenvalue weighted by molar-refractivity contribution is 6.00. The molecule has 3 rings (SSSR count). The molecule has 1 saturated heterocycles. The van der Waals surface area contributed by atoms with Crippen molar-refractivity contribution in [2.75, 3.05) is 58.0 Å². The molecule has 0 unspecified atom stereocenters. The van der Waals surface area contributed by atoms with Gasteiger partial charge in [0.1, 0.15) is 0 Å².